The van der Waals surface area contributed by atoms with E-state index >= 15 is 0 Å². The third-order valence-corrected chi connectivity index (χ3v) is 5.69. The Morgan fingerprint density at radius 3 is 2.54 bits per heavy atom. The van der Waals surface area contributed by atoms with Crippen LogP contribution in [0, 0.1) is 6.92 Å². The largest absolute Gasteiger partial charge is 0.468 e. The second-order valence-electron chi connectivity index (χ2n) is 7.62. The molecule has 2 N–H and O–H groups in total. The lowest BCUT2D eigenvalue weighted by Gasteiger charge is -2.48. The molecule has 138 valence electrons. The first-order chi connectivity index (χ1) is 12.7. The maximum Gasteiger partial charge on any atom is 0.319 e. The average molecular weight is 353 g/mol. The molecule has 2 aliphatic heterocycles. The summed E-state index contributed by atoms with van der Waals surface area (Å²) in [5.74, 6) is 1.03. The highest BCUT2D eigenvalue weighted by Crippen LogP contribution is 2.35. The number of nitrogens with one attached hydrogen (secondary N) is 2. The number of fused-ring (bicyclic) bond motifs is 2. The van der Waals surface area contributed by atoms with Crippen molar-refractivity contribution in [2.24, 2.45) is 0 Å². The van der Waals surface area contributed by atoms with Gasteiger partial charge >= 0.3 is 6.03 Å². The molecule has 2 aliphatic rings. The van der Waals surface area contributed by atoms with Gasteiger partial charge in [0.05, 0.1) is 12.8 Å². The minimum Gasteiger partial charge on any atom is -0.468 e. The summed E-state index contributed by atoms with van der Waals surface area (Å²) in [5, 5.41) is 6.14. The molecule has 5 nitrogen and oxygen atoms in total. The molecule has 0 spiro atoms. The quantitative estimate of drug-likeness (QED) is 0.862. The third-order valence-electron chi connectivity index (χ3n) is 5.69. The van der Waals surface area contributed by atoms with E-state index < -0.39 is 0 Å². The summed E-state index contributed by atoms with van der Waals surface area (Å²) in [7, 11) is 0. The predicted octanol–water partition coefficient (Wildman–Crippen LogP) is 4.30. The second-order valence-corrected chi connectivity index (χ2v) is 7.62. The summed E-state index contributed by atoms with van der Waals surface area (Å²) < 4.78 is 5.55. The summed E-state index contributed by atoms with van der Waals surface area (Å²) in [6.07, 6.45) is 7.46. The van der Waals surface area contributed by atoms with Crippen molar-refractivity contribution >= 4 is 11.7 Å². The van der Waals surface area contributed by atoms with Gasteiger partial charge in [0.25, 0.3) is 0 Å². The molecule has 2 saturated heterocycles. The van der Waals surface area contributed by atoms with Crippen LogP contribution in [0.15, 0.2) is 47.1 Å². The molecule has 1 aromatic carbocycles. The van der Waals surface area contributed by atoms with Crippen molar-refractivity contribution < 1.29 is 9.21 Å². The molecule has 0 aliphatic carbocycles. The molecule has 2 amide bonds. The number of carbonyl (C=O) groups is 1. The number of hydrogen-bond acceptors (Lipinski definition) is 3. The van der Waals surface area contributed by atoms with Crippen LogP contribution in [0.25, 0.3) is 0 Å². The van der Waals surface area contributed by atoms with Crippen LogP contribution in [-0.2, 0) is 6.54 Å². The van der Waals surface area contributed by atoms with Crippen molar-refractivity contribution in [3.63, 3.8) is 0 Å². The number of amides is 2. The Morgan fingerprint density at radius 2 is 1.88 bits per heavy atom. The van der Waals surface area contributed by atoms with Crippen molar-refractivity contribution in [2.45, 2.75) is 63.7 Å². The molecular weight excluding hydrogens is 326 g/mol. The Bertz CT molecular complexity index is 712. The van der Waals surface area contributed by atoms with Gasteiger partial charge in [0.15, 0.2) is 0 Å². The standard InChI is InChI=1S/C21H27N3O2/c1-15-7-9-16(10-8-15)22-21(25)23-17-12-18-4-2-5-19(13-17)24(18)14-20-6-3-11-26-20/h3,6-11,17-19H,2,4-5,12-14H2,1H3,(H2,22,23,25). The van der Waals surface area contributed by atoms with Crippen molar-refractivity contribution in [1.82, 2.24) is 10.2 Å². The van der Waals surface area contributed by atoms with Gasteiger partial charge in [-0.25, -0.2) is 4.79 Å². The van der Waals surface area contributed by atoms with E-state index in [0.717, 1.165) is 30.8 Å². The van der Waals surface area contributed by atoms with Crippen LogP contribution in [0.2, 0.25) is 0 Å². The number of rotatable bonds is 4. The molecule has 2 unspecified atom stereocenters. The Labute approximate surface area is 154 Å². The summed E-state index contributed by atoms with van der Waals surface area (Å²) >= 11 is 0. The number of furan rings is 1. The lowest BCUT2D eigenvalue weighted by atomic mass is 9.81. The molecule has 3 heterocycles. The van der Waals surface area contributed by atoms with E-state index in [-0.39, 0.29) is 12.1 Å². The lowest BCUT2D eigenvalue weighted by Crippen LogP contribution is -2.56. The highest BCUT2D eigenvalue weighted by molar-refractivity contribution is 5.89. The molecule has 2 bridgehead atoms. The van der Waals surface area contributed by atoms with Gasteiger partial charge < -0.3 is 15.1 Å². The van der Waals surface area contributed by atoms with Gasteiger partial charge in [-0.1, -0.05) is 24.1 Å². The van der Waals surface area contributed by atoms with Crippen LogP contribution in [0.1, 0.15) is 43.4 Å². The summed E-state index contributed by atoms with van der Waals surface area (Å²) in [4.78, 5) is 15.0. The fraction of sp³-hybridized carbons (Fsp3) is 0.476. The Hall–Kier alpha value is -2.27. The zero-order valence-corrected chi connectivity index (χ0v) is 15.3. The van der Waals surface area contributed by atoms with Crippen molar-refractivity contribution in [3.8, 4) is 0 Å². The van der Waals surface area contributed by atoms with E-state index in [1.54, 1.807) is 6.26 Å². The molecule has 1 aromatic heterocycles. The van der Waals surface area contributed by atoms with Crippen LogP contribution in [0.3, 0.4) is 0 Å². The summed E-state index contributed by atoms with van der Waals surface area (Å²) in [6.45, 7) is 2.92. The second kappa shape index (κ2) is 7.54. The number of carbonyl (C=O) groups excluding carboxylic acids is 1. The fourth-order valence-corrected chi connectivity index (χ4v) is 4.43. The van der Waals surface area contributed by atoms with Crippen molar-refractivity contribution in [3.05, 3.63) is 54.0 Å². The van der Waals surface area contributed by atoms with E-state index in [9.17, 15) is 4.79 Å². The molecule has 2 atom stereocenters. The lowest BCUT2D eigenvalue weighted by molar-refractivity contribution is 0.0150. The van der Waals surface area contributed by atoms with E-state index in [4.69, 9.17) is 4.42 Å². The van der Waals surface area contributed by atoms with Gasteiger partial charge in [-0.3, -0.25) is 4.90 Å². The van der Waals surface area contributed by atoms with Gasteiger partial charge in [-0.2, -0.15) is 0 Å². The van der Waals surface area contributed by atoms with Gasteiger partial charge in [0, 0.05) is 23.8 Å². The first-order valence-corrected chi connectivity index (χ1v) is 9.60. The number of piperidine rings is 2. The van der Waals surface area contributed by atoms with E-state index in [1.165, 1.54) is 24.8 Å². The van der Waals surface area contributed by atoms with E-state index in [1.807, 2.05) is 37.3 Å². The highest BCUT2D eigenvalue weighted by atomic mass is 16.3. The Kier molecular flexibility index (Phi) is 4.98. The third kappa shape index (κ3) is 3.93. The van der Waals surface area contributed by atoms with Gasteiger partial charge in [-0.05, 0) is 56.9 Å². The zero-order valence-electron chi connectivity index (χ0n) is 15.3. The average Bonchev–Trinajstić information content (AvgIpc) is 3.11. The van der Waals surface area contributed by atoms with Crippen LogP contribution in [0.5, 0.6) is 0 Å². The number of anilines is 1. The van der Waals surface area contributed by atoms with Crippen LogP contribution in [0.4, 0.5) is 10.5 Å². The van der Waals surface area contributed by atoms with Gasteiger partial charge in [0.1, 0.15) is 5.76 Å². The maximum absolute atomic E-state index is 12.4. The number of urea groups is 1. The van der Waals surface area contributed by atoms with Gasteiger partial charge in [0.2, 0.25) is 0 Å². The summed E-state index contributed by atoms with van der Waals surface area (Å²) in [6, 6.07) is 13.1. The number of nitrogens with zero attached hydrogens (tertiary/aromatic N) is 1. The number of aryl methyl sites for hydroxylation is 1. The minimum atomic E-state index is -0.101. The Morgan fingerprint density at radius 1 is 1.15 bits per heavy atom. The first-order valence-electron chi connectivity index (χ1n) is 9.60. The van der Waals surface area contributed by atoms with E-state index in [0.29, 0.717) is 12.1 Å². The van der Waals surface area contributed by atoms with E-state index in [2.05, 4.69) is 21.6 Å². The summed E-state index contributed by atoms with van der Waals surface area (Å²) in [5.41, 5.74) is 2.02. The van der Waals surface area contributed by atoms with Gasteiger partial charge in [-0.15, -0.1) is 0 Å². The van der Waals surface area contributed by atoms with Crippen LogP contribution < -0.4 is 10.6 Å². The molecule has 4 rings (SSSR count). The fourth-order valence-electron chi connectivity index (χ4n) is 4.43. The topological polar surface area (TPSA) is 57.5 Å². The smallest absolute Gasteiger partial charge is 0.319 e. The predicted molar refractivity (Wildman–Crippen MR) is 102 cm³/mol. The molecule has 2 aromatic rings. The Balaban J connectivity index is 1.34. The molecule has 26 heavy (non-hydrogen) atoms. The van der Waals surface area contributed by atoms with Crippen LogP contribution in [-0.4, -0.2) is 29.1 Å². The monoisotopic (exact) mass is 353 g/mol. The molecule has 5 heteroatoms. The normalized spacial score (nSPS) is 25.7. The highest BCUT2D eigenvalue weighted by Gasteiger charge is 2.38. The first kappa shape index (κ1) is 17.2. The minimum absolute atomic E-state index is 0.101. The molecule has 2 fully saturated rings. The number of hydrogen-bond donors (Lipinski definition) is 2. The van der Waals surface area contributed by atoms with Crippen molar-refractivity contribution in [2.75, 3.05) is 5.32 Å². The molecular formula is C21H27N3O2. The van der Waals surface area contributed by atoms with Crippen LogP contribution >= 0.6 is 0 Å². The SMILES string of the molecule is Cc1ccc(NC(=O)NC2CC3CCCC(C2)N3Cc2ccco2)cc1. The zero-order chi connectivity index (χ0) is 17.9. The maximum atomic E-state index is 12.4. The molecule has 0 radical (unpaired) electrons. The van der Waals surface area contributed by atoms with Crippen molar-refractivity contribution in [1.29, 1.82) is 0 Å². The number of benzene rings is 1. The molecule has 0 saturated carbocycles.